The number of hydrogen-bond acceptors (Lipinski definition) is 4. The summed E-state index contributed by atoms with van der Waals surface area (Å²) in [4.78, 5) is 36.7. The maximum atomic E-state index is 13.1. The van der Waals surface area contributed by atoms with Crippen molar-refractivity contribution in [2.75, 3.05) is 26.2 Å². The van der Waals surface area contributed by atoms with Crippen LogP contribution in [0.15, 0.2) is 24.3 Å². The van der Waals surface area contributed by atoms with E-state index in [-0.39, 0.29) is 17.4 Å². The minimum Gasteiger partial charge on any atom is -0.339 e. The third-order valence-corrected chi connectivity index (χ3v) is 3.63. The van der Waals surface area contributed by atoms with E-state index in [0.29, 0.717) is 26.2 Å². The number of piperazine rings is 1. The van der Waals surface area contributed by atoms with Gasteiger partial charge in [0, 0.05) is 39.2 Å². The van der Waals surface area contributed by atoms with Gasteiger partial charge in [0.15, 0.2) is 0 Å². The first-order valence-corrected chi connectivity index (χ1v) is 7.05. The molecule has 1 aliphatic rings. The van der Waals surface area contributed by atoms with E-state index in [0.717, 1.165) is 12.1 Å². The number of nitrogens with zero attached hydrogens (tertiary/aromatic N) is 3. The predicted octanol–water partition coefficient (Wildman–Crippen LogP) is 1.44. The van der Waals surface area contributed by atoms with Crippen LogP contribution in [0.5, 0.6) is 0 Å². The van der Waals surface area contributed by atoms with E-state index >= 15 is 0 Å². The van der Waals surface area contributed by atoms with Gasteiger partial charge in [0.05, 0.1) is 16.6 Å². The molecule has 2 rings (SSSR count). The Balaban J connectivity index is 2.05. The summed E-state index contributed by atoms with van der Waals surface area (Å²) in [6.45, 7) is 3.23. The highest BCUT2D eigenvalue weighted by Gasteiger charge is 2.21. The zero-order valence-corrected chi connectivity index (χ0v) is 12.6. The first-order chi connectivity index (χ1) is 10.9. The minimum atomic E-state index is -0.708. The Morgan fingerprint density at radius 1 is 1.22 bits per heavy atom. The van der Waals surface area contributed by atoms with Crippen LogP contribution >= 0.6 is 0 Å². The molecule has 7 nitrogen and oxygen atoms in total. The van der Waals surface area contributed by atoms with Crippen molar-refractivity contribution in [3.63, 3.8) is 0 Å². The molecule has 0 bridgehead atoms. The van der Waals surface area contributed by atoms with Crippen molar-refractivity contribution in [3.05, 3.63) is 45.8 Å². The number of rotatable bonds is 3. The maximum absolute atomic E-state index is 13.1. The van der Waals surface area contributed by atoms with E-state index in [9.17, 15) is 24.1 Å². The van der Waals surface area contributed by atoms with Gasteiger partial charge < -0.3 is 9.80 Å². The number of halogens is 1. The van der Waals surface area contributed by atoms with Gasteiger partial charge >= 0.3 is 0 Å². The normalized spacial score (nSPS) is 15.0. The van der Waals surface area contributed by atoms with Crippen LogP contribution in [0.4, 0.5) is 10.1 Å². The highest BCUT2D eigenvalue weighted by Crippen LogP contribution is 2.21. The molecule has 1 aromatic carbocycles. The molecule has 0 saturated carbocycles. The number of carbonyl (C=O) groups is 2. The van der Waals surface area contributed by atoms with Gasteiger partial charge in [0.25, 0.3) is 5.69 Å². The molecule has 2 amide bonds. The lowest BCUT2D eigenvalue weighted by molar-refractivity contribution is -0.385. The Morgan fingerprint density at radius 3 is 2.39 bits per heavy atom. The maximum Gasteiger partial charge on any atom is 0.279 e. The lowest BCUT2D eigenvalue weighted by Crippen LogP contribution is -2.49. The Bertz CT molecular complexity index is 667. The van der Waals surface area contributed by atoms with Crippen molar-refractivity contribution in [1.29, 1.82) is 0 Å². The van der Waals surface area contributed by atoms with Crippen LogP contribution in [0.2, 0.25) is 0 Å². The van der Waals surface area contributed by atoms with Crippen molar-refractivity contribution in [2.24, 2.45) is 0 Å². The summed E-state index contributed by atoms with van der Waals surface area (Å²) in [5, 5.41) is 10.9. The van der Waals surface area contributed by atoms with Gasteiger partial charge in [0.2, 0.25) is 11.8 Å². The third kappa shape index (κ3) is 4.12. The first-order valence-electron chi connectivity index (χ1n) is 7.05. The fourth-order valence-corrected chi connectivity index (χ4v) is 2.32. The Hall–Kier alpha value is -2.77. The fraction of sp³-hybridized carbons (Fsp3) is 0.333. The predicted molar refractivity (Wildman–Crippen MR) is 80.9 cm³/mol. The number of hydrogen-bond donors (Lipinski definition) is 0. The molecule has 122 valence electrons. The van der Waals surface area contributed by atoms with E-state index in [4.69, 9.17) is 0 Å². The number of amides is 2. The van der Waals surface area contributed by atoms with Crippen LogP contribution < -0.4 is 0 Å². The summed E-state index contributed by atoms with van der Waals surface area (Å²) in [6.07, 6.45) is 2.53. The second-order valence-electron chi connectivity index (χ2n) is 5.12. The summed E-state index contributed by atoms with van der Waals surface area (Å²) >= 11 is 0. The molecule has 0 aromatic heterocycles. The zero-order chi connectivity index (χ0) is 17.0. The van der Waals surface area contributed by atoms with Crippen LogP contribution in [-0.2, 0) is 9.59 Å². The van der Waals surface area contributed by atoms with E-state index in [1.165, 1.54) is 25.1 Å². The first kappa shape index (κ1) is 16.6. The van der Waals surface area contributed by atoms with Crippen LogP contribution in [0, 0.1) is 15.9 Å². The SMILES string of the molecule is CC(=O)N1CCN(C(=O)C=Cc2ccc(F)cc2[N+](=O)[O-])CC1. The lowest BCUT2D eigenvalue weighted by Gasteiger charge is -2.33. The standard InChI is InChI=1S/C15H16FN3O4/c1-11(20)17-6-8-18(9-7-17)15(21)5-3-12-2-4-13(16)10-14(12)19(22)23/h2-5,10H,6-9H2,1H3. The topological polar surface area (TPSA) is 83.8 Å². The van der Waals surface area contributed by atoms with Gasteiger partial charge in [-0.25, -0.2) is 4.39 Å². The van der Waals surface area contributed by atoms with Crippen LogP contribution in [0.3, 0.4) is 0 Å². The molecular weight excluding hydrogens is 305 g/mol. The Morgan fingerprint density at radius 2 is 1.83 bits per heavy atom. The van der Waals surface area contributed by atoms with Gasteiger partial charge in [-0.2, -0.15) is 0 Å². The summed E-state index contributed by atoms with van der Waals surface area (Å²) in [5.41, 5.74) is -0.234. The van der Waals surface area contributed by atoms with Crippen molar-refractivity contribution in [3.8, 4) is 0 Å². The van der Waals surface area contributed by atoms with Crippen LogP contribution in [-0.4, -0.2) is 52.7 Å². The number of benzene rings is 1. The van der Waals surface area contributed by atoms with E-state index < -0.39 is 16.4 Å². The van der Waals surface area contributed by atoms with Gasteiger partial charge in [-0.05, 0) is 18.2 Å². The van der Waals surface area contributed by atoms with Crippen molar-refractivity contribution in [2.45, 2.75) is 6.92 Å². The van der Waals surface area contributed by atoms with E-state index in [1.807, 2.05) is 0 Å². The molecule has 0 aliphatic carbocycles. The third-order valence-electron chi connectivity index (χ3n) is 3.63. The minimum absolute atomic E-state index is 0.0328. The van der Waals surface area contributed by atoms with Gasteiger partial charge in [-0.15, -0.1) is 0 Å². The van der Waals surface area contributed by atoms with E-state index in [2.05, 4.69) is 0 Å². The van der Waals surface area contributed by atoms with Crippen molar-refractivity contribution >= 4 is 23.6 Å². The fourth-order valence-electron chi connectivity index (χ4n) is 2.32. The highest BCUT2D eigenvalue weighted by atomic mass is 19.1. The molecule has 0 radical (unpaired) electrons. The number of carbonyl (C=O) groups excluding carboxylic acids is 2. The monoisotopic (exact) mass is 321 g/mol. The molecule has 0 spiro atoms. The molecular formula is C15H16FN3O4. The lowest BCUT2D eigenvalue weighted by atomic mass is 10.1. The highest BCUT2D eigenvalue weighted by molar-refractivity contribution is 5.92. The number of nitro groups is 1. The van der Waals surface area contributed by atoms with Crippen molar-refractivity contribution in [1.82, 2.24) is 9.80 Å². The molecule has 1 fully saturated rings. The molecule has 0 unspecified atom stereocenters. The summed E-state index contributed by atoms with van der Waals surface area (Å²) < 4.78 is 13.1. The van der Waals surface area contributed by atoms with Gasteiger partial charge in [0.1, 0.15) is 5.82 Å². The molecule has 1 heterocycles. The molecule has 0 atom stereocenters. The van der Waals surface area contributed by atoms with Crippen LogP contribution in [0.1, 0.15) is 12.5 Å². The van der Waals surface area contributed by atoms with Gasteiger partial charge in [-0.3, -0.25) is 19.7 Å². The van der Waals surface area contributed by atoms with E-state index in [1.54, 1.807) is 9.80 Å². The summed E-state index contributed by atoms with van der Waals surface area (Å²) in [6, 6.07) is 3.17. The smallest absolute Gasteiger partial charge is 0.279 e. The number of nitro benzene ring substituents is 1. The second kappa shape index (κ2) is 6.99. The van der Waals surface area contributed by atoms with Crippen molar-refractivity contribution < 1.29 is 18.9 Å². The Labute approximate surface area is 132 Å². The summed E-state index contributed by atoms with van der Waals surface area (Å²) in [7, 11) is 0. The van der Waals surface area contributed by atoms with Gasteiger partial charge in [-0.1, -0.05) is 0 Å². The average Bonchev–Trinajstić information content (AvgIpc) is 2.53. The largest absolute Gasteiger partial charge is 0.339 e. The van der Waals surface area contributed by atoms with Crippen LogP contribution in [0.25, 0.3) is 6.08 Å². The molecule has 1 aliphatic heterocycles. The molecule has 23 heavy (non-hydrogen) atoms. The molecule has 1 saturated heterocycles. The average molecular weight is 321 g/mol. The molecule has 1 aromatic rings. The quantitative estimate of drug-likeness (QED) is 0.479. The Kier molecular flexibility index (Phi) is 5.05. The summed E-state index contributed by atoms with van der Waals surface area (Å²) in [5.74, 6) is -1.04. The zero-order valence-electron chi connectivity index (χ0n) is 12.6. The molecule has 8 heteroatoms. The second-order valence-corrected chi connectivity index (χ2v) is 5.12. The molecule has 0 N–H and O–H groups in total.